The lowest BCUT2D eigenvalue weighted by molar-refractivity contribution is -0.0617. The van der Waals surface area contributed by atoms with Gasteiger partial charge in [-0.15, -0.1) is 0 Å². The van der Waals surface area contributed by atoms with E-state index < -0.39 is 5.60 Å². The molecule has 0 aromatic heterocycles. The van der Waals surface area contributed by atoms with Gasteiger partial charge in [-0.05, 0) is 12.1 Å². The molecule has 0 spiro atoms. The van der Waals surface area contributed by atoms with Gasteiger partial charge >= 0.3 is 0 Å². The molecule has 1 heterocycles. The highest BCUT2D eigenvalue weighted by Gasteiger charge is 2.29. The van der Waals surface area contributed by atoms with E-state index in [4.69, 9.17) is 16.3 Å². The molecule has 1 aromatic rings. The number of nitrogens with one attached hydrogen (secondary N) is 1. The Labute approximate surface area is 111 Å². The van der Waals surface area contributed by atoms with Crippen molar-refractivity contribution >= 4 is 11.6 Å². The van der Waals surface area contributed by atoms with Gasteiger partial charge in [-0.2, -0.15) is 0 Å². The second kappa shape index (κ2) is 5.97. The summed E-state index contributed by atoms with van der Waals surface area (Å²) in [6.07, 6.45) is 1.20. The van der Waals surface area contributed by atoms with Crippen LogP contribution in [0.1, 0.15) is 18.4 Å². The van der Waals surface area contributed by atoms with Gasteiger partial charge < -0.3 is 15.2 Å². The number of benzene rings is 1. The van der Waals surface area contributed by atoms with Crippen molar-refractivity contribution < 1.29 is 14.2 Å². The fourth-order valence-corrected chi connectivity index (χ4v) is 2.28. The largest absolute Gasteiger partial charge is 0.388 e. The summed E-state index contributed by atoms with van der Waals surface area (Å²) >= 11 is 5.92. The van der Waals surface area contributed by atoms with Crippen molar-refractivity contribution in [3.8, 4) is 0 Å². The molecule has 0 radical (unpaired) electrons. The van der Waals surface area contributed by atoms with E-state index in [-0.39, 0.29) is 5.82 Å². The van der Waals surface area contributed by atoms with Crippen LogP contribution in [0.25, 0.3) is 0 Å². The summed E-state index contributed by atoms with van der Waals surface area (Å²) in [5.74, 6) is -0.325. The summed E-state index contributed by atoms with van der Waals surface area (Å²) in [5, 5.41) is 13.7. The van der Waals surface area contributed by atoms with Crippen molar-refractivity contribution in [2.24, 2.45) is 0 Å². The molecule has 1 fully saturated rings. The van der Waals surface area contributed by atoms with Gasteiger partial charge in [-0.25, -0.2) is 4.39 Å². The van der Waals surface area contributed by atoms with Crippen LogP contribution in [-0.2, 0) is 11.3 Å². The topological polar surface area (TPSA) is 41.5 Å². The molecule has 0 unspecified atom stereocenters. The van der Waals surface area contributed by atoms with E-state index in [2.05, 4.69) is 5.32 Å². The van der Waals surface area contributed by atoms with Crippen LogP contribution < -0.4 is 5.32 Å². The molecule has 18 heavy (non-hydrogen) atoms. The third kappa shape index (κ3) is 3.42. The first kappa shape index (κ1) is 13.7. The molecule has 1 aromatic carbocycles. The van der Waals surface area contributed by atoms with Gasteiger partial charge in [0.15, 0.2) is 0 Å². The Balaban J connectivity index is 1.88. The summed E-state index contributed by atoms with van der Waals surface area (Å²) in [7, 11) is 0. The van der Waals surface area contributed by atoms with Crippen LogP contribution in [-0.4, -0.2) is 30.5 Å². The minimum absolute atomic E-state index is 0.314. The van der Waals surface area contributed by atoms with Gasteiger partial charge in [0.25, 0.3) is 0 Å². The second-order valence-corrected chi connectivity index (χ2v) is 5.05. The van der Waals surface area contributed by atoms with Crippen molar-refractivity contribution in [2.75, 3.05) is 19.8 Å². The number of ether oxygens (including phenoxy) is 1. The molecule has 1 aliphatic rings. The first-order chi connectivity index (χ1) is 8.61. The van der Waals surface area contributed by atoms with Crippen LogP contribution in [0.5, 0.6) is 0 Å². The number of hydrogen-bond acceptors (Lipinski definition) is 3. The summed E-state index contributed by atoms with van der Waals surface area (Å²) in [6.45, 7) is 1.87. The average Bonchev–Trinajstić information content (AvgIpc) is 2.34. The lowest BCUT2D eigenvalue weighted by atomic mass is 9.94. The monoisotopic (exact) mass is 273 g/mol. The van der Waals surface area contributed by atoms with E-state index in [1.165, 1.54) is 6.07 Å². The van der Waals surface area contributed by atoms with Gasteiger partial charge in [0.1, 0.15) is 5.82 Å². The number of hydrogen-bond donors (Lipinski definition) is 2. The van der Waals surface area contributed by atoms with Crippen LogP contribution in [0.15, 0.2) is 18.2 Å². The predicted octanol–water partition coefficient (Wildman–Crippen LogP) is 2.11. The lowest BCUT2D eigenvalue weighted by Crippen LogP contribution is -2.44. The molecule has 5 heteroatoms. The minimum atomic E-state index is -0.754. The maximum Gasteiger partial charge on any atom is 0.129 e. The molecule has 0 aliphatic carbocycles. The highest BCUT2D eigenvalue weighted by molar-refractivity contribution is 6.31. The Morgan fingerprint density at radius 3 is 2.78 bits per heavy atom. The first-order valence-electron chi connectivity index (χ1n) is 6.04. The normalized spacial score (nSPS) is 18.8. The minimum Gasteiger partial charge on any atom is -0.388 e. The Morgan fingerprint density at radius 1 is 1.39 bits per heavy atom. The van der Waals surface area contributed by atoms with Gasteiger partial charge in [0.2, 0.25) is 0 Å². The van der Waals surface area contributed by atoms with E-state index in [9.17, 15) is 9.50 Å². The zero-order valence-corrected chi connectivity index (χ0v) is 10.8. The third-order valence-corrected chi connectivity index (χ3v) is 3.60. The van der Waals surface area contributed by atoms with E-state index in [1.807, 2.05) is 0 Å². The Morgan fingerprint density at radius 2 is 2.11 bits per heavy atom. The Bertz CT molecular complexity index is 388. The molecule has 0 atom stereocenters. The molecule has 1 aliphatic heterocycles. The first-order valence-corrected chi connectivity index (χ1v) is 6.42. The van der Waals surface area contributed by atoms with Crippen molar-refractivity contribution in [3.63, 3.8) is 0 Å². The zero-order valence-electron chi connectivity index (χ0n) is 10.1. The predicted molar refractivity (Wildman–Crippen MR) is 68.1 cm³/mol. The smallest absolute Gasteiger partial charge is 0.129 e. The molecular weight excluding hydrogens is 257 g/mol. The van der Waals surface area contributed by atoms with E-state index in [0.29, 0.717) is 49.7 Å². The number of halogens is 2. The van der Waals surface area contributed by atoms with Gasteiger partial charge in [-0.3, -0.25) is 0 Å². The van der Waals surface area contributed by atoms with E-state index in [0.717, 1.165) is 0 Å². The summed E-state index contributed by atoms with van der Waals surface area (Å²) in [6, 6.07) is 4.62. The summed E-state index contributed by atoms with van der Waals surface area (Å²) in [5.41, 5.74) is -0.314. The standard InChI is InChI=1S/C13H17ClFNO2/c14-11-2-1-3-12(15)10(11)8-16-9-13(17)4-6-18-7-5-13/h1-3,16-17H,4-9H2. The number of aliphatic hydroxyl groups is 1. The Hall–Kier alpha value is -0.680. The maximum absolute atomic E-state index is 13.5. The highest BCUT2D eigenvalue weighted by Crippen LogP contribution is 2.21. The molecule has 100 valence electrons. The molecule has 0 saturated carbocycles. The van der Waals surface area contributed by atoms with Crippen LogP contribution >= 0.6 is 11.6 Å². The van der Waals surface area contributed by atoms with Gasteiger partial charge in [0, 0.05) is 49.7 Å². The average molecular weight is 274 g/mol. The van der Waals surface area contributed by atoms with Crippen molar-refractivity contribution in [3.05, 3.63) is 34.6 Å². The summed E-state index contributed by atoms with van der Waals surface area (Å²) in [4.78, 5) is 0. The fraction of sp³-hybridized carbons (Fsp3) is 0.538. The SMILES string of the molecule is OC1(CNCc2c(F)cccc2Cl)CCOCC1. The zero-order chi connectivity index (χ0) is 13.0. The molecule has 0 amide bonds. The van der Waals surface area contributed by atoms with Gasteiger partial charge in [0.05, 0.1) is 5.60 Å². The second-order valence-electron chi connectivity index (χ2n) is 4.64. The third-order valence-electron chi connectivity index (χ3n) is 3.24. The van der Waals surface area contributed by atoms with Crippen LogP contribution in [0, 0.1) is 5.82 Å². The molecule has 2 N–H and O–H groups in total. The van der Waals surface area contributed by atoms with Crippen LogP contribution in [0.2, 0.25) is 5.02 Å². The fourth-order valence-electron chi connectivity index (χ4n) is 2.05. The lowest BCUT2D eigenvalue weighted by Gasteiger charge is -2.32. The quantitative estimate of drug-likeness (QED) is 0.883. The molecule has 1 saturated heterocycles. The molecule has 3 nitrogen and oxygen atoms in total. The maximum atomic E-state index is 13.5. The molecule has 2 rings (SSSR count). The van der Waals surface area contributed by atoms with E-state index in [1.54, 1.807) is 12.1 Å². The summed E-state index contributed by atoms with van der Waals surface area (Å²) < 4.78 is 18.7. The van der Waals surface area contributed by atoms with E-state index >= 15 is 0 Å². The van der Waals surface area contributed by atoms with Crippen molar-refractivity contribution in [1.82, 2.24) is 5.32 Å². The van der Waals surface area contributed by atoms with Crippen LogP contribution in [0.4, 0.5) is 4.39 Å². The molecular formula is C13H17ClFNO2. The van der Waals surface area contributed by atoms with Crippen molar-refractivity contribution in [1.29, 1.82) is 0 Å². The van der Waals surface area contributed by atoms with Crippen molar-refractivity contribution in [2.45, 2.75) is 25.0 Å². The number of rotatable bonds is 4. The molecule has 0 bridgehead atoms. The Kier molecular flexibility index (Phi) is 4.56. The van der Waals surface area contributed by atoms with Gasteiger partial charge in [-0.1, -0.05) is 17.7 Å². The highest BCUT2D eigenvalue weighted by atomic mass is 35.5. The van der Waals surface area contributed by atoms with Crippen LogP contribution in [0.3, 0.4) is 0 Å².